The first-order chi connectivity index (χ1) is 17.5. The molecule has 0 aliphatic carbocycles. The van der Waals surface area contributed by atoms with Gasteiger partial charge in [0.2, 0.25) is 0 Å². The number of amides is 2. The lowest BCUT2D eigenvalue weighted by Crippen LogP contribution is -2.45. The summed E-state index contributed by atoms with van der Waals surface area (Å²) in [5, 5.41) is 2.94. The Morgan fingerprint density at radius 2 is 1.54 bits per heavy atom. The summed E-state index contributed by atoms with van der Waals surface area (Å²) in [7, 11) is 0. The molecule has 1 atom stereocenters. The van der Waals surface area contributed by atoms with E-state index in [4.69, 9.17) is 9.47 Å². The first-order valence-electron chi connectivity index (χ1n) is 11.8. The molecule has 0 aromatic heterocycles. The third kappa shape index (κ3) is 6.74. The lowest BCUT2D eigenvalue weighted by molar-refractivity contribution is -0.143. The Kier molecular flexibility index (Phi) is 8.00. The van der Waals surface area contributed by atoms with Crippen molar-refractivity contribution in [3.8, 4) is 0 Å². The van der Waals surface area contributed by atoms with Gasteiger partial charge in [0.25, 0.3) is 0 Å². The number of benzene rings is 2. The van der Waals surface area contributed by atoms with E-state index in [1.807, 2.05) is 0 Å². The molecule has 2 aromatic rings. The molecule has 1 unspecified atom stereocenters. The number of alkyl halides is 6. The average Bonchev–Trinajstić information content (AvgIpc) is 3.19. The van der Waals surface area contributed by atoms with E-state index >= 15 is 0 Å². The molecule has 202 valence electrons. The Labute approximate surface area is 210 Å². The van der Waals surface area contributed by atoms with Crippen LogP contribution in [0.4, 0.5) is 31.1 Å². The average molecular weight is 531 g/mol. The predicted molar refractivity (Wildman–Crippen MR) is 122 cm³/mol. The van der Waals surface area contributed by atoms with Gasteiger partial charge in [-0.2, -0.15) is 26.3 Å². The van der Waals surface area contributed by atoms with Gasteiger partial charge < -0.3 is 19.7 Å². The van der Waals surface area contributed by atoms with Crippen molar-refractivity contribution in [3.63, 3.8) is 0 Å². The van der Waals surface area contributed by atoms with Gasteiger partial charge >= 0.3 is 18.4 Å². The topological polar surface area (TPSA) is 54.0 Å². The molecular weight excluding hydrogens is 504 g/mol. The van der Waals surface area contributed by atoms with E-state index in [2.05, 4.69) is 10.2 Å². The van der Waals surface area contributed by atoms with Gasteiger partial charge in [0.15, 0.2) is 0 Å². The molecule has 0 radical (unpaired) electrons. The standard InChI is InChI=1S/C25H27F6N3O3/c26-24(27,28)20-12-18(13-21(14-20)25(29,30)31)15-37-17-23(19-4-2-1-3-5-19)16-34(22(35)32-23)7-6-33-8-10-36-11-9-33/h1-5,12-14H,6-11,15-17H2,(H,32,35). The Balaban J connectivity index is 1.49. The van der Waals surface area contributed by atoms with Crippen LogP contribution in [-0.4, -0.2) is 68.4 Å². The number of carbonyl (C=O) groups excluding carboxylic acids is 1. The van der Waals surface area contributed by atoms with Crippen LogP contribution in [0.1, 0.15) is 22.3 Å². The number of ether oxygens (including phenoxy) is 2. The van der Waals surface area contributed by atoms with Crippen LogP contribution >= 0.6 is 0 Å². The highest BCUT2D eigenvalue weighted by Gasteiger charge is 2.44. The third-order valence-electron chi connectivity index (χ3n) is 6.48. The SMILES string of the molecule is O=C1NC(COCc2cc(C(F)(F)F)cc(C(F)(F)F)c2)(c2ccccc2)CN1CCN1CCOCC1. The van der Waals surface area contributed by atoms with Crippen LogP contribution in [0.5, 0.6) is 0 Å². The van der Waals surface area contributed by atoms with E-state index < -0.39 is 35.6 Å². The summed E-state index contributed by atoms with van der Waals surface area (Å²) in [6.45, 7) is 3.46. The van der Waals surface area contributed by atoms with Crippen LogP contribution in [-0.2, 0) is 34.0 Å². The van der Waals surface area contributed by atoms with Gasteiger partial charge in [-0.05, 0) is 29.3 Å². The first kappa shape index (κ1) is 27.2. The maximum absolute atomic E-state index is 13.2. The van der Waals surface area contributed by atoms with Gasteiger partial charge in [-0.25, -0.2) is 4.79 Å². The van der Waals surface area contributed by atoms with Gasteiger partial charge in [-0.1, -0.05) is 30.3 Å². The molecule has 2 fully saturated rings. The zero-order chi connectivity index (χ0) is 26.7. The van der Waals surface area contributed by atoms with Crippen LogP contribution < -0.4 is 5.32 Å². The summed E-state index contributed by atoms with van der Waals surface area (Å²) in [6, 6.07) is 10.00. The molecule has 0 bridgehead atoms. The van der Waals surface area contributed by atoms with Crippen LogP contribution in [0.2, 0.25) is 0 Å². The molecule has 4 rings (SSSR count). The molecular formula is C25H27F6N3O3. The Hall–Kier alpha value is -2.83. The highest BCUT2D eigenvalue weighted by molar-refractivity contribution is 5.78. The highest BCUT2D eigenvalue weighted by atomic mass is 19.4. The second-order valence-corrected chi connectivity index (χ2v) is 9.16. The number of halogens is 6. The predicted octanol–water partition coefficient (Wildman–Crippen LogP) is 4.49. The smallest absolute Gasteiger partial charge is 0.379 e. The van der Waals surface area contributed by atoms with Crippen LogP contribution in [0.15, 0.2) is 48.5 Å². The molecule has 12 heteroatoms. The molecule has 2 amide bonds. The number of urea groups is 1. The number of carbonyl (C=O) groups is 1. The van der Waals surface area contributed by atoms with E-state index in [1.165, 1.54) is 0 Å². The second-order valence-electron chi connectivity index (χ2n) is 9.16. The molecule has 1 N–H and O–H groups in total. The molecule has 0 saturated carbocycles. The normalized spacial score (nSPS) is 21.4. The molecule has 2 aliphatic rings. The lowest BCUT2D eigenvalue weighted by Gasteiger charge is -2.30. The van der Waals surface area contributed by atoms with E-state index in [0.717, 1.165) is 18.7 Å². The molecule has 6 nitrogen and oxygen atoms in total. The fourth-order valence-electron chi connectivity index (χ4n) is 4.52. The molecule has 37 heavy (non-hydrogen) atoms. The minimum absolute atomic E-state index is 0.0818. The fourth-order valence-corrected chi connectivity index (χ4v) is 4.52. The summed E-state index contributed by atoms with van der Waals surface area (Å²) in [4.78, 5) is 16.7. The van der Waals surface area contributed by atoms with E-state index in [-0.39, 0.29) is 30.8 Å². The van der Waals surface area contributed by atoms with Crippen molar-refractivity contribution in [1.82, 2.24) is 15.1 Å². The lowest BCUT2D eigenvalue weighted by atomic mass is 9.91. The zero-order valence-corrected chi connectivity index (χ0v) is 19.9. The third-order valence-corrected chi connectivity index (χ3v) is 6.48. The van der Waals surface area contributed by atoms with Crippen molar-refractivity contribution in [3.05, 3.63) is 70.8 Å². The molecule has 2 aromatic carbocycles. The minimum atomic E-state index is -4.94. The maximum atomic E-state index is 13.2. The van der Waals surface area contributed by atoms with Crippen molar-refractivity contribution < 1.29 is 40.6 Å². The van der Waals surface area contributed by atoms with Crippen molar-refractivity contribution >= 4 is 6.03 Å². The Bertz CT molecular complexity index is 1040. The van der Waals surface area contributed by atoms with E-state index in [0.29, 0.717) is 38.4 Å². The minimum Gasteiger partial charge on any atom is -0.379 e. The summed E-state index contributed by atoms with van der Waals surface area (Å²) in [6.07, 6.45) is -9.89. The van der Waals surface area contributed by atoms with Crippen LogP contribution in [0.3, 0.4) is 0 Å². The quantitative estimate of drug-likeness (QED) is 0.510. The number of hydrogen-bond acceptors (Lipinski definition) is 4. The summed E-state index contributed by atoms with van der Waals surface area (Å²) >= 11 is 0. The molecule has 2 saturated heterocycles. The van der Waals surface area contributed by atoms with E-state index in [1.54, 1.807) is 35.2 Å². The van der Waals surface area contributed by atoms with Gasteiger partial charge in [0.1, 0.15) is 5.54 Å². The van der Waals surface area contributed by atoms with Crippen molar-refractivity contribution in [1.29, 1.82) is 0 Å². The van der Waals surface area contributed by atoms with Crippen molar-refractivity contribution in [2.75, 3.05) is 52.5 Å². The maximum Gasteiger partial charge on any atom is 0.416 e. The summed E-state index contributed by atoms with van der Waals surface area (Å²) < 4.78 is 90.3. The fraction of sp³-hybridized carbons (Fsp3) is 0.480. The number of nitrogens with zero attached hydrogens (tertiary/aromatic N) is 2. The van der Waals surface area contributed by atoms with E-state index in [9.17, 15) is 31.1 Å². The molecule has 2 heterocycles. The van der Waals surface area contributed by atoms with Gasteiger partial charge in [0, 0.05) is 26.2 Å². The van der Waals surface area contributed by atoms with Crippen molar-refractivity contribution in [2.24, 2.45) is 0 Å². The monoisotopic (exact) mass is 531 g/mol. The largest absolute Gasteiger partial charge is 0.416 e. The van der Waals surface area contributed by atoms with Gasteiger partial charge in [-0.3, -0.25) is 4.90 Å². The first-order valence-corrected chi connectivity index (χ1v) is 11.8. The zero-order valence-electron chi connectivity index (χ0n) is 19.9. The van der Waals surface area contributed by atoms with Crippen LogP contribution in [0.25, 0.3) is 0 Å². The molecule has 2 aliphatic heterocycles. The Morgan fingerprint density at radius 3 is 2.14 bits per heavy atom. The second kappa shape index (κ2) is 10.9. The number of nitrogens with one attached hydrogen (secondary N) is 1. The number of morpholine rings is 1. The van der Waals surface area contributed by atoms with Gasteiger partial charge in [-0.15, -0.1) is 0 Å². The highest BCUT2D eigenvalue weighted by Crippen LogP contribution is 2.37. The molecule has 0 spiro atoms. The van der Waals surface area contributed by atoms with Gasteiger partial charge in [0.05, 0.1) is 44.1 Å². The number of rotatable bonds is 8. The Morgan fingerprint density at radius 1 is 0.919 bits per heavy atom. The number of hydrogen-bond donors (Lipinski definition) is 1. The van der Waals surface area contributed by atoms with Crippen LogP contribution in [0, 0.1) is 0 Å². The summed E-state index contributed by atoms with van der Waals surface area (Å²) in [5.41, 5.74) is -3.36. The van der Waals surface area contributed by atoms with Crippen molar-refractivity contribution in [2.45, 2.75) is 24.5 Å². The summed E-state index contributed by atoms with van der Waals surface area (Å²) in [5.74, 6) is 0.